The summed E-state index contributed by atoms with van der Waals surface area (Å²) in [6.07, 6.45) is -2.99. The second-order valence-electron chi connectivity index (χ2n) is 6.63. The van der Waals surface area contributed by atoms with Crippen molar-refractivity contribution in [2.75, 3.05) is 6.54 Å². The monoisotopic (exact) mass is 421 g/mol. The van der Waals surface area contributed by atoms with Crippen molar-refractivity contribution in [2.45, 2.75) is 12.7 Å². The minimum Gasteiger partial charge on any atom is -0.309 e. The summed E-state index contributed by atoms with van der Waals surface area (Å²) in [5, 5.41) is 9.61. The molecule has 1 aliphatic heterocycles. The van der Waals surface area contributed by atoms with Crippen molar-refractivity contribution < 1.29 is 26.3 Å². The van der Waals surface area contributed by atoms with Gasteiger partial charge in [0.1, 0.15) is 17.5 Å². The molecular weight excluding hydrogens is 408 g/mol. The topological polar surface area (TPSA) is 37.8 Å². The lowest BCUT2D eigenvalue weighted by atomic mass is 9.91. The van der Waals surface area contributed by atoms with Crippen molar-refractivity contribution in [1.29, 1.82) is 0 Å². The molecule has 0 saturated carbocycles. The van der Waals surface area contributed by atoms with Crippen LogP contribution in [0.25, 0.3) is 16.8 Å². The van der Waals surface area contributed by atoms with Crippen LogP contribution in [0.15, 0.2) is 48.5 Å². The SMILES string of the molecule is Fc1ccc(C2=CCNCc3c2ccc(-c2ccc(C(F)(F)F)nn2)c3F)c(F)c1. The molecule has 0 amide bonds. The maximum atomic E-state index is 15.3. The zero-order valence-electron chi connectivity index (χ0n) is 15.2. The third-order valence-electron chi connectivity index (χ3n) is 4.74. The van der Waals surface area contributed by atoms with Crippen LogP contribution in [0.2, 0.25) is 0 Å². The van der Waals surface area contributed by atoms with Gasteiger partial charge in [-0.2, -0.15) is 13.2 Å². The number of hydrogen-bond acceptors (Lipinski definition) is 3. The first-order valence-electron chi connectivity index (χ1n) is 8.85. The maximum absolute atomic E-state index is 15.3. The van der Waals surface area contributed by atoms with Gasteiger partial charge >= 0.3 is 6.18 Å². The Kier molecular flexibility index (Phi) is 5.07. The Morgan fingerprint density at radius 1 is 0.833 bits per heavy atom. The molecule has 0 spiro atoms. The minimum atomic E-state index is -4.65. The third-order valence-corrected chi connectivity index (χ3v) is 4.74. The van der Waals surface area contributed by atoms with E-state index in [4.69, 9.17) is 0 Å². The molecule has 0 radical (unpaired) electrons. The van der Waals surface area contributed by atoms with Crippen LogP contribution in [0.4, 0.5) is 26.3 Å². The summed E-state index contributed by atoms with van der Waals surface area (Å²) in [5.41, 5.74) is -0.184. The molecule has 0 unspecified atom stereocenters. The van der Waals surface area contributed by atoms with E-state index in [1.807, 2.05) is 0 Å². The van der Waals surface area contributed by atoms with Crippen LogP contribution in [0.1, 0.15) is 22.4 Å². The fourth-order valence-corrected chi connectivity index (χ4v) is 3.32. The Morgan fingerprint density at radius 2 is 1.57 bits per heavy atom. The third kappa shape index (κ3) is 3.68. The first-order valence-corrected chi connectivity index (χ1v) is 8.85. The molecule has 30 heavy (non-hydrogen) atoms. The molecule has 4 rings (SSSR count). The van der Waals surface area contributed by atoms with Crippen molar-refractivity contribution in [3.63, 3.8) is 0 Å². The lowest BCUT2D eigenvalue weighted by molar-refractivity contribution is -0.141. The smallest absolute Gasteiger partial charge is 0.309 e. The average molecular weight is 421 g/mol. The highest BCUT2D eigenvalue weighted by atomic mass is 19.4. The van der Waals surface area contributed by atoms with E-state index >= 15 is 4.39 Å². The van der Waals surface area contributed by atoms with Crippen LogP contribution >= 0.6 is 0 Å². The minimum absolute atomic E-state index is 0.0300. The fourth-order valence-electron chi connectivity index (χ4n) is 3.32. The molecule has 9 heteroatoms. The standard InChI is InChI=1S/C21H13F6N3/c22-11-1-2-14(17(23)9-11)13-7-8-28-10-16-12(13)3-4-15(20(16)24)18-5-6-19(30-29-18)21(25,26)27/h1-7,9,28H,8,10H2. The zero-order chi connectivity index (χ0) is 21.5. The van der Waals surface area contributed by atoms with Crippen LogP contribution in [-0.4, -0.2) is 16.7 Å². The number of nitrogens with zero attached hydrogens (tertiary/aromatic N) is 2. The average Bonchev–Trinajstić information content (AvgIpc) is 2.91. The predicted octanol–water partition coefficient (Wildman–Crippen LogP) is 5.11. The second kappa shape index (κ2) is 7.56. The molecule has 1 aliphatic rings. The van der Waals surface area contributed by atoms with Crippen LogP contribution in [0.5, 0.6) is 0 Å². The Morgan fingerprint density at radius 3 is 2.23 bits per heavy atom. The molecule has 1 aromatic heterocycles. The number of nitrogens with one attached hydrogen (secondary N) is 1. The van der Waals surface area contributed by atoms with Gasteiger partial charge in [-0.3, -0.25) is 0 Å². The Balaban J connectivity index is 1.80. The molecule has 2 aromatic carbocycles. The van der Waals surface area contributed by atoms with E-state index in [0.717, 1.165) is 24.3 Å². The lowest BCUT2D eigenvalue weighted by Gasteiger charge is -2.15. The summed E-state index contributed by atoms with van der Waals surface area (Å²) in [7, 11) is 0. The Hall–Kier alpha value is -3.20. The maximum Gasteiger partial charge on any atom is 0.435 e. The van der Waals surface area contributed by atoms with E-state index < -0.39 is 29.3 Å². The predicted molar refractivity (Wildman–Crippen MR) is 97.6 cm³/mol. The van der Waals surface area contributed by atoms with Gasteiger partial charge in [0, 0.05) is 35.8 Å². The van der Waals surface area contributed by atoms with Gasteiger partial charge in [0.25, 0.3) is 0 Å². The molecule has 0 bridgehead atoms. The first-order chi connectivity index (χ1) is 14.3. The number of halogens is 6. The lowest BCUT2D eigenvalue weighted by Crippen LogP contribution is -2.13. The number of hydrogen-bond donors (Lipinski definition) is 1. The molecule has 2 heterocycles. The number of aromatic nitrogens is 2. The highest BCUT2D eigenvalue weighted by molar-refractivity contribution is 5.83. The highest BCUT2D eigenvalue weighted by Gasteiger charge is 2.33. The van der Waals surface area contributed by atoms with E-state index in [9.17, 15) is 22.0 Å². The van der Waals surface area contributed by atoms with Crippen LogP contribution in [0.3, 0.4) is 0 Å². The summed E-state index contributed by atoms with van der Waals surface area (Å²) < 4.78 is 81.0. The van der Waals surface area contributed by atoms with E-state index in [1.165, 1.54) is 18.2 Å². The summed E-state index contributed by atoms with van der Waals surface area (Å²) in [6, 6.07) is 7.79. The molecule has 154 valence electrons. The van der Waals surface area contributed by atoms with E-state index in [2.05, 4.69) is 15.5 Å². The van der Waals surface area contributed by atoms with E-state index in [0.29, 0.717) is 17.7 Å². The molecule has 0 saturated heterocycles. The van der Waals surface area contributed by atoms with Crippen molar-refractivity contribution >= 4 is 5.57 Å². The number of benzene rings is 2. The molecule has 0 aliphatic carbocycles. The van der Waals surface area contributed by atoms with Gasteiger partial charge in [0.05, 0.1) is 5.69 Å². The van der Waals surface area contributed by atoms with E-state index in [-0.39, 0.29) is 28.9 Å². The van der Waals surface area contributed by atoms with Gasteiger partial charge in [-0.1, -0.05) is 12.1 Å². The Bertz CT molecular complexity index is 1140. The molecule has 1 N–H and O–H groups in total. The highest BCUT2D eigenvalue weighted by Crippen LogP contribution is 2.35. The molecule has 0 fully saturated rings. The number of rotatable bonds is 2. The summed E-state index contributed by atoms with van der Waals surface area (Å²) in [5.74, 6) is -2.22. The van der Waals surface area contributed by atoms with Crippen LogP contribution in [0, 0.1) is 17.5 Å². The van der Waals surface area contributed by atoms with Crippen molar-refractivity contribution in [2.24, 2.45) is 0 Å². The summed E-state index contributed by atoms with van der Waals surface area (Å²) in [6.45, 7) is 0.418. The zero-order valence-corrected chi connectivity index (χ0v) is 15.2. The molecular formula is C21H13F6N3. The summed E-state index contributed by atoms with van der Waals surface area (Å²) in [4.78, 5) is 0. The molecule has 3 aromatic rings. The van der Waals surface area contributed by atoms with Gasteiger partial charge < -0.3 is 5.32 Å². The van der Waals surface area contributed by atoms with Gasteiger partial charge in [-0.15, -0.1) is 10.2 Å². The second-order valence-corrected chi connectivity index (χ2v) is 6.63. The number of fused-ring (bicyclic) bond motifs is 1. The van der Waals surface area contributed by atoms with Crippen LogP contribution in [-0.2, 0) is 12.7 Å². The largest absolute Gasteiger partial charge is 0.435 e. The summed E-state index contributed by atoms with van der Waals surface area (Å²) >= 11 is 0. The van der Waals surface area contributed by atoms with Gasteiger partial charge in [-0.25, -0.2) is 13.2 Å². The van der Waals surface area contributed by atoms with E-state index in [1.54, 1.807) is 6.08 Å². The van der Waals surface area contributed by atoms with Gasteiger partial charge in [0.2, 0.25) is 0 Å². The van der Waals surface area contributed by atoms with Gasteiger partial charge in [-0.05, 0) is 41.5 Å². The van der Waals surface area contributed by atoms with Crippen molar-refractivity contribution in [1.82, 2.24) is 15.5 Å². The van der Waals surface area contributed by atoms with Crippen LogP contribution < -0.4 is 5.32 Å². The molecule has 3 nitrogen and oxygen atoms in total. The first kappa shape index (κ1) is 20.1. The van der Waals surface area contributed by atoms with Crippen molar-refractivity contribution in [3.05, 3.63) is 88.4 Å². The normalized spacial score (nSPS) is 14.1. The fraction of sp³-hybridized carbons (Fsp3) is 0.143. The Labute approximate surface area is 167 Å². The number of alkyl halides is 3. The quantitative estimate of drug-likeness (QED) is 0.584. The van der Waals surface area contributed by atoms with Crippen molar-refractivity contribution in [3.8, 4) is 11.3 Å². The van der Waals surface area contributed by atoms with Gasteiger partial charge in [0.15, 0.2) is 5.69 Å². The molecule has 0 atom stereocenters.